The molecule has 0 bridgehead atoms. The lowest BCUT2D eigenvalue weighted by Crippen LogP contribution is -2.53. The van der Waals surface area contributed by atoms with Crippen LogP contribution in [0.25, 0.3) is 0 Å². The number of hydrogen-bond donors (Lipinski definition) is 0. The molecule has 0 unspecified atom stereocenters. The average molecular weight is 568 g/mol. The normalized spacial score (nSPS) is 18.5. The molecule has 208 valence electrons. The van der Waals surface area contributed by atoms with E-state index < -0.39 is 16.6 Å². The van der Waals surface area contributed by atoms with Crippen molar-refractivity contribution >= 4 is 34.0 Å². The molecule has 0 aliphatic carbocycles. The van der Waals surface area contributed by atoms with E-state index in [0.29, 0.717) is 51.8 Å². The first-order chi connectivity index (χ1) is 19.8. The van der Waals surface area contributed by atoms with E-state index in [-0.39, 0.29) is 24.4 Å². The minimum absolute atomic E-state index is 0.0616. The van der Waals surface area contributed by atoms with E-state index in [4.69, 9.17) is 0 Å². The van der Waals surface area contributed by atoms with Crippen LogP contribution >= 0.6 is 0 Å². The van der Waals surface area contributed by atoms with Crippen LogP contribution in [-0.4, -0.2) is 46.6 Å². The molecule has 4 aromatic rings. The number of piperazine rings is 1. The maximum absolute atomic E-state index is 14.7. The number of halogens is 1. The summed E-state index contributed by atoms with van der Waals surface area (Å²) in [6, 6.07) is 26.5. The van der Waals surface area contributed by atoms with Gasteiger partial charge in [-0.05, 0) is 67.9 Å². The second-order valence-electron chi connectivity index (χ2n) is 10.6. The van der Waals surface area contributed by atoms with Crippen LogP contribution in [0.4, 0.5) is 15.8 Å². The van der Waals surface area contributed by atoms with Crippen molar-refractivity contribution in [2.24, 2.45) is 0 Å². The maximum atomic E-state index is 14.7. The van der Waals surface area contributed by atoms with Gasteiger partial charge in [-0.15, -0.1) is 0 Å². The van der Waals surface area contributed by atoms with Gasteiger partial charge in [-0.1, -0.05) is 42.5 Å². The monoisotopic (exact) mass is 567 g/mol. The number of rotatable bonds is 4. The molecule has 0 aromatic heterocycles. The highest BCUT2D eigenvalue weighted by molar-refractivity contribution is 7.85. The number of fused-ring (bicyclic) bond motifs is 2. The number of aryl methyl sites for hydroxylation is 1. The quantitative estimate of drug-likeness (QED) is 0.312. The topological polar surface area (TPSA) is 60.9 Å². The Bertz CT molecular complexity index is 1690. The fourth-order valence-electron chi connectivity index (χ4n) is 5.67. The number of anilines is 2. The van der Waals surface area contributed by atoms with Gasteiger partial charge in [0.25, 0.3) is 11.8 Å². The first-order valence-electron chi connectivity index (χ1n) is 13.6. The molecule has 4 aromatic carbocycles. The van der Waals surface area contributed by atoms with E-state index >= 15 is 0 Å². The van der Waals surface area contributed by atoms with Gasteiger partial charge in [0.2, 0.25) is 0 Å². The molecule has 0 spiro atoms. The molecule has 8 heteroatoms. The smallest absolute Gasteiger partial charge is 0.259 e. The SMILES string of the molecule is Cc1cccc(N2CCN(C(=O)c3ccc4c(c3)N(Cc3ccccc3F)C(=O)c3ccccc3[S@@]4=O)C[C@@H]2C)c1. The zero-order valence-electron chi connectivity index (χ0n) is 22.9. The van der Waals surface area contributed by atoms with Crippen molar-refractivity contribution < 1.29 is 18.2 Å². The molecule has 1 fully saturated rings. The molecule has 2 heterocycles. The van der Waals surface area contributed by atoms with Gasteiger partial charge in [0, 0.05) is 42.5 Å². The van der Waals surface area contributed by atoms with E-state index in [1.165, 1.54) is 16.5 Å². The molecule has 2 atom stereocenters. The van der Waals surface area contributed by atoms with E-state index in [1.54, 1.807) is 60.7 Å². The van der Waals surface area contributed by atoms with Gasteiger partial charge in [-0.3, -0.25) is 9.59 Å². The fourth-order valence-corrected chi connectivity index (χ4v) is 7.01. The molecular weight excluding hydrogens is 537 g/mol. The van der Waals surface area contributed by atoms with Gasteiger partial charge < -0.3 is 14.7 Å². The van der Waals surface area contributed by atoms with E-state index in [2.05, 4.69) is 36.9 Å². The van der Waals surface area contributed by atoms with Gasteiger partial charge >= 0.3 is 0 Å². The Hall–Kier alpha value is -4.30. The summed E-state index contributed by atoms with van der Waals surface area (Å²) in [5, 5.41) is 0. The van der Waals surface area contributed by atoms with Crippen molar-refractivity contribution in [2.45, 2.75) is 36.2 Å². The molecule has 2 amide bonds. The Labute approximate surface area is 241 Å². The van der Waals surface area contributed by atoms with Crippen molar-refractivity contribution in [1.82, 2.24) is 4.90 Å². The van der Waals surface area contributed by atoms with Crippen molar-refractivity contribution in [3.8, 4) is 0 Å². The van der Waals surface area contributed by atoms with Crippen LogP contribution in [0.15, 0.2) is 101 Å². The molecular formula is C33H30FN3O3S. The fraction of sp³-hybridized carbons (Fsp3) is 0.212. The molecule has 0 saturated carbocycles. The van der Waals surface area contributed by atoms with E-state index in [0.717, 1.165) is 5.69 Å². The second kappa shape index (κ2) is 10.9. The Balaban J connectivity index is 1.34. The number of benzene rings is 4. The lowest BCUT2D eigenvalue weighted by molar-refractivity contribution is 0.0726. The molecule has 0 N–H and O–H groups in total. The summed E-state index contributed by atoms with van der Waals surface area (Å²) in [5.41, 5.74) is 3.70. The third-order valence-electron chi connectivity index (χ3n) is 7.79. The molecule has 2 aliphatic heterocycles. The lowest BCUT2D eigenvalue weighted by atomic mass is 10.1. The van der Waals surface area contributed by atoms with E-state index in [9.17, 15) is 18.2 Å². The highest BCUT2D eigenvalue weighted by Gasteiger charge is 2.33. The van der Waals surface area contributed by atoms with Crippen LogP contribution < -0.4 is 9.80 Å². The van der Waals surface area contributed by atoms with Gasteiger partial charge in [0.05, 0.1) is 38.4 Å². The molecule has 6 nitrogen and oxygen atoms in total. The summed E-state index contributed by atoms with van der Waals surface area (Å²) in [7, 11) is -1.66. The number of amides is 2. The number of hydrogen-bond acceptors (Lipinski definition) is 4. The van der Waals surface area contributed by atoms with Crippen LogP contribution in [0.3, 0.4) is 0 Å². The van der Waals surface area contributed by atoms with Gasteiger partial charge in [0.15, 0.2) is 0 Å². The van der Waals surface area contributed by atoms with Crippen molar-refractivity contribution in [3.05, 3.63) is 119 Å². The molecule has 1 saturated heterocycles. The summed E-state index contributed by atoms with van der Waals surface area (Å²) in [6.45, 7) is 5.89. The third kappa shape index (κ3) is 5.04. The molecule has 6 rings (SSSR count). The third-order valence-corrected chi connectivity index (χ3v) is 9.29. The Kier molecular flexibility index (Phi) is 7.17. The largest absolute Gasteiger partial charge is 0.365 e. The summed E-state index contributed by atoms with van der Waals surface area (Å²) < 4.78 is 28.4. The maximum Gasteiger partial charge on any atom is 0.259 e. The number of carbonyl (C=O) groups is 2. The highest BCUT2D eigenvalue weighted by atomic mass is 32.2. The van der Waals surface area contributed by atoms with Crippen LogP contribution in [0, 0.1) is 12.7 Å². The second-order valence-corrected chi connectivity index (χ2v) is 12.0. The molecule has 41 heavy (non-hydrogen) atoms. The summed E-state index contributed by atoms with van der Waals surface area (Å²) in [4.78, 5) is 34.0. The van der Waals surface area contributed by atoms with Gasteiger partial charge in [-0.2, -0.15) is 0 Å². The first-order valence-corrected chi connectivity index (χ1v) is 14.8. The minimum Gasteiger partial charge on any atom is -0.365 e. The Morgan fingerprint density at radius 2 is 1.71 bits per heavy atom. The zero-order chi connectivity index (χ0) is 28.7. The Morgan fingerprint density at radius 3 is 2.49 bits per heavy atom. The minimum atomic E-state index is -1.66. The van der Waals surface area contributed by atoms with E-state index in [1.807, 2.05) is 11.0 Å². The predicted octanol–water partition coefficient (Wildman–Crippen LogP) is 5.81. The van der Waals surface area contributed by atoms with Gasteiger partial charge in [0.1, 0.15) is 5.82 Å². The molecule has 0 radical (unpaired) electrons. The van der Waals surface area contributed by atoms with Crippen molar-refractivity contribution in [1.29, 1.82) is 0 Å². The lowest BCUT2D eigenvalue weighted by Gasteiger charge is -2.41. The standard InChI is InChI=1S/C33H30FN3O3S/c1-22-8-7-10-26(18-22)36-17-16-35(20-23(36)2)32(38)24-14-15-31-29(19-24)37(21-25-9-3-5-12-28(25)34)33(39)27-11-4-6-13-30(27)41(31)40/h3-15,18-19,23H,16-17,20-21H2,1-2H3/t23-,41-/m0/s1. The van der Waals surface area contributed by atoms with Crippen LogP contribution in [0.2, 0.25) is 0 Å². The molecule has 2 aliphatic rings. The van der Waals surface area contributed by atoms with Crippen molar-refractivity contribution in [2.75, 3.05) is 29.4 Å². The average Bonchev–Trinajstić information content (AvgIpc) is 3.07. The predicted molar refractivity (Wildman–Crippen MR) is 158 cm³/mol. The van der Waals surface area contributed by atoms with Crippen LogP contribution in [-0.2, 0) is 17.3 Å². The van der Waals surface area contributed by atoms with Gasteiger partial charge in [-0.25, -0.2) is 8.60 Å². The number of nitrogens with zero attached hydrogens (tertiary/aromatic N) is 3. The zero-order valence-corrected chi connectivity index (χ0v) is 23.7. The summed E-state index contributed by atoms with van der Waals surface area (Å²) in [5.74, 6) is -0.983. The Morgan fingerprint density at radius 1 is 0.927 bits per heavy atom. The highest BCUT2D eigenvalue weighted by Crippen LogP contribution is 2.36. The van der Waals surface area contributed by atoms with Crippen LogP contribution in [0.5, 0.6) is 0 Å². The number of carbonyl (C=O) groups excluding carboxylic acids is 2. The van der Waals surface area contributed by atoms with Crippen LogP contribution in [0.1, 0.15) is 38.8 Å². The summed E-state index contributed by atoms with van der Waals surface area (Å²) >= 11 is 0. The van der Waals surface area contributed by atoms with Crippen molar-refractivity contribution in [3.63, 3.8) is 0 Å². The summed E-state index contributed by atoms with van der Waals surface area (Å²) in [6.07, 6.45) is 0. The first kappa shape index (κ1) is 26.9.